The first kappa shape index (κ1) is 17.9. The van der Waals surface area contributed by atoms with E-state index in [0.717, 1.165) is 5.56 Å². The zero-order chi connectivity index (χ0) is 17.4. The van der Waals surface area contributed by atoms with Gasteiger partial charge in [0.2, 0.25) is 5.88 Å². The normalized spacial score (nSPS) is 12.0. The fourth-order valence-electron chi connectivity index (χ4n) is 2.41. The van der Waals surface area contributed by atoms with E-state index in [9.17, 15) is 9.90 Å². The maximum atomic E-state index is 12.3. The van der Waals surface area contributed by atoms with E-state index in [-0.39, 0.29) is 24.5 Å². The Kier molecular flexibility index (Phi) is 6.75. The largest absolute Gasteiger partial charge is 0.475 e. The fourth-order valence-corrected chi connectivity index (χ4v) is 2.41. The Morgan fingerprint density at radius 2 is 1.96 bits per heavy atom. The van der Waals surface area contributed by atoms with Crippen LogP contribution >= 0.6 is 0 Å². The summed E-state index contributed by atoms with van der Waals surface area (Å²) in [7, 11) is 0. The molecular weight excluding hydrogens is 304 g/mol. The fraction of sp³-hybridized carbons (Fsp3) is 0.368. The smallest absolute Gasteiger partial charge is 0.252 e. The summed E-state index contributed by atoms with van der Waals surface area (Å²) in [5.41, 5.74) is 1.59. The van der Waals surface area contributed by atoms with Gasteiger partial charge in [-0.1, -0.05) is 30.3 Å². The SMILES string of the molecule is CC(C)Oc1ccc(C(=O)NCC(CCO)c2ccccc2)cn1. The van der Waals surface area contributed by atoms with Crippen LogP contribution < -0.4 is 10.1 Å². The minimum Gasteiger partial charge on any atom is -0.475 e. The van der Waals surface area contributed by atoms with Crippen molar-refractivity contribution in [1.82, 2.24) is 10.3 Å². The van der Waals surface area contributed by atoms with Crippen LogP contribution in [-0.2, 0) is 0 Å². The first-order chi connectivity index (χ1) is 11.6. The lowest BCUT2D eigenvalue weighted by Gasteiger charge is -2.17. The number of nitrogens with zero attached hydrogens (tertiary/aromatic N) is 1. The lowest BCUT2D eigenvalue weighted by atomic mass is 9.96. The topological polar surface area (TPSA) is 71.5 Å². The monoisotopic (exact) mass is 328 g/mol. The average molecular weight is 328 g/mol. The summed E-state index contributed by atoms with van der Waals surface area (Å²) >= 11 is 0. The number of hydrogen-bond acceptors (Lipinski definition) is 4. The number of carbonyl (C=O) groups is 1. The number of aliphatic hydroxyl groups excluding tert-OH is 1. The van der Waals surface area contributed by atoms with E-state index < -0.39 is 0 Å². The molecule has 0 saturated carbocycles. The van der Waals surface area contributed by atoms with Crippen molar-refractivity contribution in [2.45, 2.75) is 32.3 Å². The molecule has 0 radical (unpaired) electrons. The van der Waals surface area contributed by atoms with Crippen molar-refractivity contribution in [3.05, 3.63) is 59.8 Å². The van der Waals surface area contributed by atoms with Gasteiger partial charge in [0, 0.05) is 31.3 Å². The van der Waals surface area contributed by atoms with Gasteiger partial charge in [0.15, 0.2) is 0 Å². The van der Waals surface area contributed by atoms with E-state index in [4.69, 9.17) is 4.74 Å². The van der Waals surface area contributed by atoms with E-state index in [1.165, 1.54) is 6.20 Å². The highest BCUT2D eigenvalue weighted by atomic mass is 16.5. The molecule has 0 spiro atoms. The predicted octanol–water partition coefficient (Wildman–Crippen LogP) is 2.76. The van der Waals surface area contributed by atoms with Crippen molar-refractivity contribution in [2.75, 3.05) is 13.2 Å². The molecule has 1 aromatic heterocycles. The summed E-state index contributed by atoms with van der Waals surface area (Å²) in [6.45, 7) is 4.40. The number of hydrogen-bond donors (Lipinski definition) is 2. The molecule has 24 heavy (non-hydrogen) atoms. The first-order valence-corrected chi connectivity index (χ1v) is 8.17. The molecule has 0 aliphatic rings. The Morgan fingerprint density at radius 1 is 1.21 bits per heavy atom. The molecule has 128 valence electrons. The molecule has 5 heteroatoms. The average Bonchev–Trinajstić information content (AvgIpc) is 2.59. The van der Waals surface area contributed by atoms with Gasteiger partial charge in [0.25, 0.3) is 5.91 Å². The van der Waals surface area contributed by atoms with Crippen molar-refractivity contribution in [2.24, 2.45) is 0 Å². The van der Waals surface area contributed by atoms with Gasteiger partial charge >= 0.3 is 0 Å². The quantitative estimate of drug-likeness (QED) is 0.781. The van der Waals surface area contributed by atoms with E-state index in [1.54, 1.807) is 12.1 Å². The van der Waals surface area contributed by atoms with Gasteiger partial charge in [-0.2, -0.15) is 0 Å². The highest BCUT2D eigenvalue weighted by Crippen LogP contribution is 2.18. The molecule has 1 amide bonds. The number of nitrogens with one attached hydrogen (secondary N) is 1. The second-order valence-electron chi connectivity index (χ2n) is 5.88. The molecule has 2 aromatic rings. The van der Waals surface area contributed by atoms with Gasteiger partial charge in [0.05, 0.1) is 11.7 Å². The molecular formula is C19H24N2O3. The van der Waals surface area contributed by atoms with Gasteiger partial charge in [-0.15, -0.1) is 0 Å². The van der Waals surface area contributed by atoms with E-state index in [1.807, 2.05) is 44.2 Å². The van der Waals surface area contributed by atoms with Crippen LogP contribution in [0.15, 0.2) is 48.7 Å². The van der Waals surface area contributed by atoms with Crippen LogP contribution in [0.1, 0.15) is 42.1 Å². The molecule has 1 aromatic carbocycles. The van der Waals surface area contributed by atoms with Gasteiger partial charge in [-0.3, -0.25) is 4.79 Å². The lowest BCUT2D eigenvalue weighted by Crippen LogP contribution is -2.29. The minimum absolute atomic E-state index is 0.0438. The van der Waals surface area contributed by atoms with Crippen LogP contribution in [0.2, 0.25) is 0 Å². The number of rotatable bonds is 8. The van der Waals surface area contributed by atoms with Crippen LogP contribution in [0.3, 0.4) is 0 Å². The third-order valence-corrected chi connectivity index (χ3v) is 3.61. The zero-order valence-electron chi connectivity index (χ0n) is 14.1. The highest BCUT2D eigenvalue weighted by Gasteiger charge is 2.13. The van der Waals surface area contributed by atoms with Crippen LogP contribution in [-0.4, -0.2) is 35.3 Å². The summed E-state index contributed by atoms with van der Waals surface area (Å²) in [6, 6.07) is 13.3. The summed E-state index contributed by atoms with van der Waals surface area (Å²) in [6.07, 6.45) is 2.16. The molecule has 2 N–H and O–H groups in total. The maximum absolute atomic E-state index is 12.3. The summed E-state index contributed by atoms with van der Waals surface area (Å²) in [4.78, 5) is 16.4. The van der Waals surface area contributed by atoms with Crippen molar-refractivity contribution >= 4 is 5.91 Å². The van der Waals surface area contributed by atoms with E-state index in [2.05, 4.69) is 10.3 Å². The Morgan fingerprint density at radius 3 is 2.54 bits per heavy atom. The number of benzene rings is 1. The van der Waals surface area contributed by atoms with Crippen molar-refractivity contribution in [3.8, 4) is 5.88 Å². The van der Waals surface area contributed by atoms with E-state index >= 15 is 0 Å². The molecule has 0 fully saturated rings. The predicted molar refractivity (Wildman–Crippen MR) is 93.2 cm³/mol. The molecule has 5 nitrogen and oxygen atoms in total. The van der Waals surface area contributed by atoms with Crippen LogP contribution in [0.25, 0.3) is 0 Å². The molecule has 1 unspecified atom stereocenters. The minimum atomic E-state index is -0.183. The highest BCUT2D eigenvalue weighted by molar-refractivity contribution is 5.93. The maximum Gasteiger partial charge on any atom is 0.252 e. The van der Waals surface area contributed by atoms with E-state index in [0.29, 0.717) is 24.4 Å². The Balaban J connectivity index is 1.95. The Hall–Kier alpha value is -2.40. The first-order valence-electron chi connectivity index (χ1n) is 8.17. The molecule has 1 heterocycles. The number of pyridine rings is 1. The molecule has 0 aliphatic heterocycles. The number of aliphatic hydroxyl groups is 1. The summed E-state index contributed by atoms with van der Waals surface area (Å²) in [5, 5.41) is 12.2. The van der Waals surface area contributed by atoms with Crippen molar-refractivity contribution < 1.29 is 14.6 Å². The van der Waals surface area contributed by atoms with Crippen LogP contribution in [0, 0.1) is 0 Å². The number of amides is 1. The second-order valence-corrected chi connectivity index (χ2v) is 5.88. The second kappa shape index (κ2) is 9.03. The number of carbonyl (C=O) groups excluding carboxylic acids is 1. The van der Waals surface area contributed by atoms with Gasteiger partial charge in [-0.25, -0.2) is 4.98 Å². The van der Waals surface area contributed by atoms with Gasteiger partial charge < -0.3 is 15.2 Å². The molecule has 1 atom stereocenters. The molecule has 0 bridgehead atoms. The third kappa shape index (κ3) is 5.35. The van der Waals surface area contributed by atoms with Crippen LogP contribution in [0.5, 0.6) is 5.88 Å². The molecule has 2 rings (SSSR count). The lowest BCUT2D eigenvalue weighted by molar-refractivity contribution is 0.0949. The third-order valence-electron chi connectivity index (χ3n) is 3.61. The van der Waals surface area contributed by atoms with Crippen LogP contribution in [0.4, 0.5) is 0 Å². The van der Waals surface area contributed by atoms with Gasteiger partial charge in [0.1, 0.15) is 0 Å². The van der Waals surface area contributed by atoms with Gasteiger partial charge in [-0.05, 0) is 31.9 Å². The summed E-state index contributed by atoms with van der Waals surface area (Å²) < 4.78 is 5.47. The molecule has 0 aliphatic carbocycles. The summed E-state index contributed by atoms with van der Waals surface area (Å²) in [5.74, 6) is 0.401. The van der Waals surface area contributed by atoms with Crippen molar-refractivity contribution in [3.63, 3.8) is 0 Å². The number of ether oxygens (including phenoxy) is 1. The number of aromatic nitrogens is 1. The van der Waals surface area contributed by atoms with Crippen molar-refractivity contribution in [1.29, 1.82) is 0 Å². The molecule has 0 saturated heterocycles. The zero-order valence-corrected chi connectivity index (χ0v) is 14.1. The standard InChI is InChI=1S/C19H24N2O3/c1-14(2)24-18-9-8-17(13-20-18)19(23)21-12-16(10-11-22)15-6-4-3-5-7-15/h3-9,13-14,16,22H,10-12H2,1-2H3,(H,21,23). The Labute approximate surface area is 142 Å². The Bertz CT molecular complexity index is 627.